The number of hydrogen-bond acceptors (Lipinski definition) is 4. The molecule has 3 rings (SSSR count). The summed E-state index contributed by atoms with van der Waals surface area (Å²) in [6.45, 7) is 2.70. The number of ether oxygens (including phenoxy) is 1. The number of carbonyl (C=O) groups excluding carboxylic acids is 1. The fourth-order valence-corrected chi connectivity index (χ4v) is 2.53. The molecule has 1 heterocycles. The van der Waals surface area contributed by atoms with Gasteiger partial charge < -0.3 is 10.1 Å². The van der Waals surface area contributed by atoms with E-state index in [4.69, 9.17) is 4.74 Å². The normalized spacial score (nSPS) is 10.5. The van der Waals surface area contributed by atoms with Gasteiger partial charge in [0.2, 0.25) is 5.88 Å². The molecule has 28 heavy (non-hydrogen) atoms. The van der Waals surface area contributed by atoms with Crippen LogP contribution >= 0.6 is 0 Å². The Hall–Kier alpha value is -3.48. The summed E-state index contributed by atoms with van der Waals surface area (Å²) < 4.78 is 20.0. The van der Waals surface area contributed by atoms with E-state index in [9.17, 15) is 14.0 Å². The maximum Gasteiger partial charge on any atom is 0.271 e. The van der Waals surface area contributed by atoms with Crippen molar-refractivity contribution < 1.29 is 13.9 Å². The second-order valence-electron chi connectivity index (χ2n) is 6.14. The average molecular weight is 381 g/mol. The molecule has 0 aliphatic heterocycles. The molecule has 1 aromatic heterocycles. The van der Waals surface area contributed by atoms with Gasteiger partial charge in [-0.25, -0.2) is 4.39 Å². The standard InChI is InChI=1S/C21H20FN3O3/c1-2-12-23-21(27)16-6-8-18(9-7-16)25-20(26)11-10-19(24-25)28-14-15-4-3-5-17(22)13-15/h3-11,13H,2,12,14H2,1H3,(H,23,27). The van der Waals surface area contributed by atoms with Crippen LogP contribution in [0.15, 0.2) is 65.5 Å². The van der Waals surface area contributed by atoms with Gasteiger partial charge in [-0.05, 0) is 48.4 Å². The number of benzene rings is 2. The minimum atomic E-state index is -0.345. The summed E-state index contributed by atoms with van der Waals surface area (Å²) in [7, 11) is 0. The lowest BCUT2D eigenvalue weighted by Crippen LogP contribution is -2.24. The molecule has 2 aromatic carbocycles. The van der Waals surface area contributed by atoms with Crippen molar-refractivity contribution in [2.45, 2.75) is 20.0 Å². The number of nitrogens with one attached hydrogen (secondary N) is 1. The molecule has 0 spiro atoms. The van der Waals surface area contributed by atoms with E-state index in [1.807, 2.05) is 6.92 Å². The van der Waals surface area contributed by atoms with Crippen LogP contribution in [-0.2, 0) is 6.61 Å². The van der Waals surface area contributed by atoms with E-state index in [0.29, 0.717) is 23.4 Å². The summed E-state index contributed by atoms with van der Waals surface area (Å²) in [6.07, 6.45) is 0.853. The summed E-state index contributed by atoms with van der Waals surface area (Å²) in [6, 6.07) is 15.4. The smallest absolute Gasteiger partial charge is 0.271 e. The van der Waals surface area contributed by atoms with Crippen LogP contribution in [0.4, 0.5) is 4.39 Å². The number of halogens is 1. The number of amides is 1. The Morgan fingerprint density at radius 2 is 1.93 bits per heavy atom. The number of hydrogen-bond donors (Lipinski definition) is 1. The van der Waals surface area contributed by atoms with E-state index >= 15 is 0 Å². The van der Waals surface area contributed by atoms with Gasteiger partial charge in [-0.1, -0.05) is 19.1 Å². The Bertz CT molecular complexity index is 1020. The van der Waals surface area contributed by atoms with Crippen LogP contribution < -0.4 is 15.6 Å². The van der Waals surface area contributed by atoms with Crippen molar-refractivity contribution in [1.82, 2.24) is 15.1 Å². The molecular weight excluding hydrogens is 361 g/mol. The quantitative estimate of drug-likeness (QED) is 0.683. The van der Waals surface area contributed by atoms with Crippen LogP contribution in [0.3, 0.4) is 0 Å². The SMILES string of the molecule is CCCNC(=O)c1ccc(-n2nc(OCc3cccc(F)c3)ccc2=O)cc1. The van der Waals surface area contributed by atoms with E-state index in [-0.39, 0.29) is 29.8 Å². The number of rotatable bonds is 7. The lowest BCUT2D eigenvalue weighted by Gasteiger charge is -2.09. The predicted octanol–water partition coefficient (Wildman–Crippen LogP) is 3.09. The third-order valence-electron chi connectivity index (χ3n) is 3.96. The van der Waals surface area contributed by atoms with Crippen molar-refractivity contribution in [3.05, 3.63) is 88.0 Å². The minimum Gasteiger partial charge on any atom is -0.472 e. The molecule has 0 fully saturated rings. The van der Waals surface area contributed by atoms with E-state index in [0.717, 1.165) is 6.42 Å². The van der Waals surface area contributed by atoms with E-state index in [2.05, 4.69) is 10.4 Å². The average Bonchev–Trinajstić information content (AvgIpc) is 2.71. The molecular formula is C21H20FN3O3. The Kier molecular flexibility index (Phi) is 6.16. The van der Waals surface area contributed by atoms with Crippen LogP contribution in [0.1, 0.15) is 29.3 Å². The molecule has 0 saturated carbocycles. The molecule has 7 heteroatoms. The summed E-state index contributed by atoms with van der Waals surface area (Å²) in [5.74, 6) is -0.281. The second kappa shape index (κ2) is 8.94. The highest BCUT2D eigenvalue weighted by atomic mass is 19.1. The zero-order chi connectivity index (χ0) is 19.9. The Morgan fingerprint density at radius 3 is 2.64 bits per heavy atom. The largest absolute Gasteiger partial charge is 0.472 e. The van der Waals surface area contributed by atoms with Gasteiger partial charge in [0.15, 0.2) is 0 Å². The van der Waals surface area contributed by atoms with Gasteiger partial charge >= 0.3 is 0 Å². The first-order chi connectivity index (χ1) is 13.6. The highest BCUT2D eigenvalue weighted by Crippen LogP contribution is 2.12. The molecule has 0 radical (unpaired) electrons. The Balaban J connectivity index is 1.76. The van der Waals surface area contributed by atoms with Crippen molar-refractivity contribution in [2.75, 3.05) is 6.54 Å². The molecule has 0 bridgehead atoms. The molecule has 0 unspecified atom stereocenters. The molecule has 0 aliphatic carbocycles. The third kappa shape index (κ3) is 4.82. The van der Waals surface area contributed by atoms with E-state index in [1.165, 1.54) is 28.9 Å². The van der Waals surface area contributed by atoms with Crippen LogP contribution in [0, 0.1) is 5.82 Å². The van der Waals surface area contributed by atoms with Crippen molar-refractivity contribution >= 4 is 5.91 Å². The Morgan fingerprint density at radius 1 is 1.14 bits per heavy atom. The van der Waals surface area contributed by atoms with Gasteiger partial charge in [0.25, 0.3) is 11.5 Å². The number of nitrogens with zero attached hydrogens (tertiary/aromatic N) is 2. The molecule has 0 saturated heterocycles. The van der Waals surface area contributed by atoms with E-state index in [1.54, 1.807) is 36.4 Å². The van der Waals surface area contributed by atoms with Gasteiger partial charge in [0.05, 0.1) is 5.69 Å². The topological polar surface area (TPSA) is 73.2 Å². The molecule has 1 N–H and O–H groups in total. The van der Waals surface area contributed by atoms with Gasteiger partial charge in [0.1, 0.15) is 12.4 Å². The Labute approximate surface area is 161 Å². The first-order valence-corrected chi connectivity index (χ1v) is 8.93. The van der Waals surface area contributed by atoms with Crippen LogP contribution in [0.2, 0.25) is 0 Å². The zero-order valence-corrected chi connectivity index (χ0v) is 15.4. The van der Waals surface area contributed by atoms with Crippen molar-refractivity contribution in [1.29, 1.82) is 0 Å². The molecule has 3 aromatic rings. The molecule has 144 valence electrons. The molecule has 1 amide bonds. The molecule has 0 aliphatic rings. The summed E-state index contributed by atoms with van der Waals surface area (Å²) in [5, 5.41) is 6.99. The van der Waals surface area contributed by atoms with Crippen LogP contribution in [0.25, 0.3) is 5.69 Å². The summed E-state index contributed by atoms with van der Waals surface area (Å²) in [5.41, 5.74) is 1.33. The first-order valence-electron chi connectivity index (χ1n) is 8.93. The highest BCUT2D eigenvalue weighted by Gasteiger charge is 2.08. The molecule has 0 atom stereocenters. The monoisotopic (exact) mass is 381 g/mol. The fraction of sp³-hybridized carbons (Fsp3) is 0.190. The maximum atomic E-state index is 13.2. The van der Waals surface area contributed by atoms with Gasteiger partial charge in [-0.2, -0.15) is 4.68 Å². The lowest BCUT2D eigenvalue weighted by molar-refractivity contribution is 0.0953. The second-order valence-corrected chi connectivity index (χ2v) is 6.14. The number of carbonyl (C=O) groups is 1. The van der Waals surface area contributed by atoms with Crippen molar-refractivity contribution in [3.8, 4) is 11.6 Å². The highest BCUT2D eigenvalue weighted by molar-refractivity contribution is 5.94. The number of aromatic nitrogens is 2. The predicted molar refractivity (Wildman–Crippen MR) is 103 cm³/mol. The summed E-state index contributed by atoms with van der Waals surface area (Å²) >= 11 is 0. The maximum absolute atomic E-state index is 13.2. The third-order valence-corrected chi connectivity index (χ3v) is 3.96. The van der Waals surface area contributed by atoms with Crippen molar-refractivity contribution in [3.63, 3.8) is 0 Å². The van der Waals surface area contributed by atoms with Gasteiger partial charge in [-0.15, -0.1) is 5.10 Å². The van der Waals surface area contributed by atoms with Crippen molar-refractivity contribution in [2.24, 2.45) is 0 Å². The fourth-order valence-electron chi connectivity index (χ4n) is 2.53. The van der Waals surface area contributed by atoms with Gasteiger partial charge in [-0.3, -0.25) is 9.59 Å². The van der Waals surface area contributed by atoms with Crippen LogP contribution in [-0.4, -0.2) is 22.2 Å². The lowest BCUT2D eigenvalue weighted by atomic mass is 10.2. The molecule has 6 nitrogen and oxygen atoms in total. The summed E-state index contributed by atoms with van der Waals surface area (Å²) in [4.78, 5) is 24.1. The van der Waals surface area contributed by atoms with Gasteiger partial charge in [0, 0.05) is 24.2 Å². The van der Waals surface area contributed by atoms with E-state index < -0.39 is 0 Å². The van der Waals surface area contributed by atoms with Crippen LogP contribution in [0.5, 0.6) is 5.88 Å². The minimum absolute atomic E-state index is 0.125. The first kappa shape index (κ1) is 19.3. The zero-order valence-electron chi connectivity index (χ0n) is 15.4.